The Morgan fingerprint density at radius 1 is 1.40 bits per heavy atom. The van der Waals surface area contributed by atoms with Crippen molar-refractivity contribution in [3.05, 3.63) is 35.4 Å². The Morgan fingerprint density at radius 3 is 3.00 bits per heavy atom. The van der Waals surface area contributed by atoms with Crippen molar-refractivity contribution in [2.24, 2.45) is 0 Å². The summed E-state index contributed by atoms with van der Waals surface area (Å²) < 4.78 is 5.75. The smallest absolute Gasteiger partial charge is 0.0746 e. The minimum absolute atomic E-state index is 0.270. The molecule has 2 atom stereocenters. The lowest BCUT2D eigenvalue weighted by molar-refractivity contribution is 0.0116. The largest absolute Gasteiger partial charge is 0.372 e. The third-order valence-corrected chi connectivity index (χ3v) is 2.98. The Kier molecular flexibility index (Phi) is 3.39. The first-order chi connectivity index (χ1) is 7.33. The molecule has 0 radical (unpaired) electrons. The summed E-state index contributed by atoms with van der Waals surface area (Å²) in [5, 5.41) is 3.55. The fourth-order valence-corrected chi connectivity index (χ4v) is 2.12. The number of fused-ring (bicyclic) bond motifs is 1. The zero-order valence-corrected chi connectivity index (χ0v) is 9.49. The number of hydrogen-bond acceptors (Lipinski definition) is 2. The second-order valence-electron chi connectivity index (χ2n) is 4.15. The molecule has 0 aliphatic carbocycles. The molecule has 0 fully saturated rings. The number of benzene rings is 1. The molecular formula is C13H19NO. The van der Waals surface area contributed by atoms with Crippen LogP contribution in [-0.2, 0) is 11.3 Å². The highest BCUT2D eigenvalue weighted by molar-refractivity contribution is 5.31. The van der Waals surface area contributed by atoms with Crippen LogP contribution in [0.25, 0.3) is 0 Å². The molecule has 0 bridgehead atoms. The molecule has 0 aromatic heterocycles. The quantitative estimate of drug-likeness (QED) is 0.819. The van der Waals surface area contributed by atoms with Gasteiger partial charge in [-0.05, 0) is 31.0 Å². The lowest BCUT2D eigenvalue weighted by Gasteiger charge is -2.32. The Labute approximate surface area is 91.6 Å². The van der Waals surface area contributed by atoms with Crippen LogP contribution in [0, 0.1) is 0 Å². The summed E-state index contributed by atoms with van der Waals surface area (Å²) in [5.41, 5.74) is 2.73. The molecule has 15 heavy (non-hydrogen) atoms. The first kappa shape index (κ1) is 10.7. The Morgan fingerprint density at radius 2 is 2.20 bits per heavy atom. The Balaban J connectivity index is 2.21. The fourth-order valence-electron chi connectivity index (χ4n) is 2.12. The first-order valence-corrected chi connectivity index (χ1v) is 5.75. The van der Waals surface area contributed by atoms with Crippen LogP contribution in [0.4, 0.5) is 0 Å². The van der Waals surface area contributed by atoms with E-state index in [1.54, 1.807) is 0 Å². The van der Waals surface area contributed by atoms with Crippen LogP contribution in [0.2, 0.25) is 0 Å². The van der Waals surface area contributed by atoms with Gasteiger partial charge in [-0.1, -0.05) is 31.2 Å². The molecule has 1 N–H and O–H groups in total. The van der Waals surface area contributed by atoms with Gasteiger partial charge in [0, 0.05) is 0 Å². The van der Waals surface area contributed by atoms with Gasteiger partial charge in [0.05, 0.1) is 18.8 Å². The standard InChI is InChI=1S/C13H19NO/c1-3-8-14-13-10(2)15-9-11-6-4-5-7-12(11)13/h4-7,10,13-14H,3,8-9H2,1-2H3/t10-,13+/m0/s1. The second-order valence-corrected chi connectivity index (χ2v) is 4.15. The van der Waals surface area contributed by atoms with E-state index < -0.39 is 0 Å². The molecule has 1 aromatic rings. The van der Waals surface area contributed by atoms with Crippen molar-refractivity contribution in [1.29, 1.82) is 0 Å². The van der Waals surface area contributed by atoms with Gasteiger partial charge in [0.1, 0.15) is 0 Å². The molecule has 2 nitrogen and oxygen atoms in total. The monoisotopic (exact) mass is 205 g/mol. The first-order valence-electron chi connectivity index (χ1n) is 5.75. The SMILES string of the molecule is CCCN[C@H]1c2ccccc2CO[C@H]1C. The van der Waals surface area contributed by atoms with Crippen molar-refractivity contribution in [3.63, 3.8) is 0 Å². The van der Waals surface area contributed by atoms with E-state index in [-0.39, 0.29) is 6.10 Å². The highest BCUT2D eigenvalue weighted by Gasteiger charge is 2.25. The molecule has 0 saturated heterocycles. The molecule has 1 heterocycles. The van der Waals surface area contributed by atoms with E-state index in [1.807, 2.05) is 0 Å². The van der Waals surface area contributed by atoms with Gasteiger partial charge in [0.25, 0.3) is 0 Å². The van der Waals surface area contributed by atoms with Crippen molar-refractivity contribution in [2.45, 2.75) is 39.0 Å². The average Bonchev–Trinajstić information content (AvgIpc) is 2.28. The van der Waals surface area contributed by atoms with E-state index >= 15 is 0 Å². The van der Waals surface area contributed by atoms with Crippen molar-refractivity contribution >= 4 is 0 Å². The van der Waals surface area contributed by atoms with Crippen LogP contribution in [0.3, 0.4) is 0 Å². The van der Waals surface area contributed by atoms with Crippen molar-refractivity contribution in [2.75, 3.05) is 6.54 Å². The summed E-state index contributed by atoms with van der Waals surface area (Å²) >= 11 is 0. The van der Waals surface area contributed by atoms with Gasteiger partial charge >= 0.3 is 0 Å². The van der Waals surface area contributed by atoms with Gasteiger partial charge in [-0.15, -0.1) is 0 Å². The predicted molar refractivity (Wildman–Crippen MR) is 61.7 cm³/mol. The average molecular weight is 205 g/mol. The molecule has 1 aliphatic rings. The van der Waals surface area contributed by atoms with Crippen molar-refractivity contribution in [1.82, 2.24) is 5.32 Å². The molecular weight excluding hydrogens is 186 g/mol. The summed E-state index contributed by atoms with van der Waals surface area (Å²) in [6.45, 7) is 6.13. The molecule has 2 rings (SSSR count). The van der Waals surface area contributed by atoms with Crippen LogP contribution in [-0.4, -0.2) is 12.6 Å². The molecule has 0 amide bonds. The second kappa shape index (κ2) is 4.77. The molecule has 1 aromatic carbocycles. The van der Waals surface area contributed by atoms with Gasteiger partial charge in [-0.2, -0.15) is 0 Å². The number of ether oxygens (including phenoxy) is 1. The van der Waals surface area contributed by atoms with E-state index in [1.165, 1.54) is 11.1 Å². The van der Waals surface area contributed by atoms with Crippen LogP contribution >= 0.6 is 0 Å². The third kappa shape index (κ3) is 2.21. The Bertz CT molecular complexity index is 324. The normalized spacial score (nSPS) is 24.9. The summed E-state index contributed by atoms with van der Waals surface area (Å²) in [7, 11) is 0. The summed E-state index contributed by atoms with van der Waals surface area (Å²) in [6, 6.07) is 8.91. The van der Waals surface area contributed by atoms with Gasteiger partial charge in [-0.3, -0.25) is 0 Å². The number of rotatable bonds is 3. The van der Waals surface area contributed by atoms with Gasteiger partial charge in [-0.25, -0.2) is 0 Å². The maximum atomic E-state index is 5.75. The van der Waals surface area contributed by atoms with Crippen molar-refractivity contribution in [3.8, 4) is 0 Å². The molecule has 2 heteroatoms. The number of hydrogen-bond donors (Lipinski definition) is 1. The highest BCUT2D eigenvalue weighted by atomic mass is 16.5. The zero-order valence-electron chi connectivity index (χ0n) is 9.49. The fraction of sp³-hybridized carbons (Fsp3) is 0.538. The van der Waals surface area contributed by atoms with Crippen LogP contribution in [0.15, 0.2) is 24.3 Å². The van der Waals surface area contributed by atoms with E-state index in [2.05, 4.69) is 43.4 Å². The molecule has 0 spiro atoms. The minimum atomic E-state index is 0.270. The van der Waals surface area contributed by atoms with Gasteiger partial charge < -0.3 is 10.1 Å². The third-order valence-electron chi connectivity index (χ3n) is 2.98. The number of nitrogens with one attached hydrogen (secondary N) is 1. The highest BCUT2D eigenvalue weighted by Crippen LogP contribution is 2.28. The van der Waals surface area contributed by atoms with E-state index in [0.29, 0.717) is 6.04 Å². The summed E-state index contributed by atoms with van der Waals surface area (Å²) in [4.78, 5) is 0. The van der Waals surface area contributed by atoms with Crippen LogP contribution in [0.1, 0.15) is 37.4 Å². The minimum Gasteiger partial charge on any atom is -0.372 e. The Hall–Kier alpha value is -0.860. The topological polar surface area (TPSA) is 21.3 Å². The molecule has 0 unspecified atom stereocenters. The van der Waals surface area contributed by atoms with Gasteiger partial charge in [0.15, 0.2) is 0 Å². The van der Waals surface area contributed by atoms with Crippen molar-refractivity contribution < 1.29 is 4.74 Å². The summed E-state index contributed by atoms with van der Waals surface area (Å²) in [6.07, 6.45) is 1.43. The maximum absolute atomic E-state index is 5.75. The summed E-state index contributed by atoms with van der Waals surface area (Å²) in [5.74, 6) is 0. The maximum Gasteiger partial charge on any atom is 0.0746 e. The predicted octanol–water partition coefficient (Wildman–Crippen LogP) is 2.65. The van der Waals surface area contributed by atoms with Gasteiger partial charge in [0.2, 0.25) is 0 Å². The van der Waals surface area contributed by atoms with E-state index in [9.17, 15) is 0 Å². The molecule has 0 saturated carbocycles. The lowest BCUT2D eigenvalue weighted by Crippen LogP contribution is -2.36. The van der Waals surface area contributed by atoms with Crippen LogP contribution in [0.5, 0.6) is 0 Å². The molecule has 82 valence electrons. The van der Waals surface area contributed by atoms with E-state index in [4.69, 9.17) is 4.74 Å². The zero-order chi connectivity index (χ0) is 10.7. The lowest BCUT2D eigenvalue weighted by atomic mass is 9.94. The van der Waals surface area contributed by atoms with E-state index in [0.717, 1.165) is 19.6 Å². The molecule has 1 aliphatic heterocycles. The van der Waals surface area contributed by atoms with Crippen LogP contribution < -0.4 is 5.32 Å².